The minimum absolute atomic E-state index is 0.0182. The maximum atomic E-state index is 11.7. The van der Waals surface area contributed by atoms with Gasteiger partial charge in [-0.3, -0.25) is 20.2 Å². The van der Waals surface area contributed by atoms with Gasteiger partial charge in [0.1, 0.15) is 0 Å². The molecule has 2 aromatic heterocycles. The van der Waals surface area contributed by atoms with E-state index in [-0.39, 0.29) is 47.1 Å². The lowest BCUT2D eigenvalue weighted by Gasteiger charge is -2.13. The zero-order valence-electron chi connectivity index (χ0n) is 17.3. The first-order chi connectivity index (χ1) is 16.0. The van der Waals surface area contributed by atoms with Crippen molar-refractivity contribution in [3.63, 3.8) is 0 Å². The fraction of sp³-hybridized carbons (Fsp3) is 0.0833. The van der Waals surface area contributed by atoms with Crippen LogP contribution in [0.5, 0.6) is 11.8 Å². The number of hydrogen-bond donors (Lipinski definition) is 0. The summed E-state index contributed by atoms with van der Waals surface area (Å²) in [4.78, 5) is 30.8. The number of ether oxygens (including phenoxy) is 1. The molecule has 0 aliphatic rings. The molecule has 0 N–H and O–H groups in total. The molecule has 0 atom stereocenters. The van der Waals surface area contributed by atoms with Crippen LogP contribution in [-0.2, 0) is 12.8 Å². The largest absolute Gasteiger partial charge is 0.420 e. The van der Waals surface area contributed by atoms with Crippen molar-refractivity contribution in [1.82, 2.24) is 9.97 Å². The second-order valence-corrected chi connectivity index (χ2v) is 7.17. The maximum absolute atomic E-state index is 11.7. The fourth-order valence-corrected chi connectivity index (χ4v) is 3.47. The van der Waals surface area contributed by atoms with Gasteiger partial charge in [-0.05, 0) is 11.1 Å². The smallest absolute Gasteiger partial charge is 0.279 e. The van der Waals surface area contributed by atoms with E-state index in [2.05, 4.69) is 9.97 Å². The molecule has 2 aromatic carbocycles. The van der Waals surface area contributed by atoms with Crippen molar-refractivity contribution >= 4 is 11.4 Å². The van der Waals surface area contributed by atoms with Gasteiger partial charge in [-0.15, -0.1) is 0 Å². The summed E-state index contributed by atoms with van der Waals surface area (Å²) >= 11 is 0. The fourth-order valence-electron chi connectivity index (χ4n) is 3.47. The molecule has 4 rings (SSSR count). The van der Waals surface area contributed by atoms with Gasteiger partial charge in [-0.1, -0.05) is 60.7 Å². The van der Waals surface area contributed by atoms with Crippen LogP contribution in [0.15, 0.2) is 85.2 Å². The van der Waals surface area contributed by atoms with E-state index in [0.717, 1.165) is 11.1 Å². The molecule has 0 aliphatic heterocycles. The highest BCUT2D eigenvalue weighted by Crippen LogP contribution is 2.35. The summed E-state index contributed by atoms with van der Waals surface area (Å²) in [5.74, 6) is -0.0364. The predicted octanol–water partition coefficient (Wildman–Crippen LogP) is 5.27. The monoisotopic (exact) mass is 442 g/mol. The van der Waals surface area contributed by atoms with Crippen LogP contribution in [0.25, 0.3) is 0 Å². The molecule has 0 unspecified atom stereocenters. The molecule has 4 aromatic rings. The molecule has 0 saturated heterocycles. The molecule has 0 radical (unpaired) electrons. The zero-order valence-corrected chi connectivity index (χ0v) is 17.3. The van der Waals surface area contributed by atoms with Crippen molar-refractivity contribution in [1.29, 1.82) is 0 Å². The van der Waals surface area contributed by atoms with E-state index in [4.69, 9.17) is 4.74 Å². The first-order valence-electron chi connectivity index (χ1n) is 10.0. The lowest BCUT2D eigenvalue weighted by atomic mass is 10.0. The van der Waals surface area contributed by atoms with Gasteiger partial charge in [-0.25, -0.2) is 9.97 Å². The Bertz CT molecular complexity index is 1200. The molecule has 33 heavy (non-hydrogen) atoms. The quantitative estimate of drug-likeness (QED) is 0.269. The van der Waals surface area contributed by atoms with Crippen LogP contribution in [-0.4, -0.2) is 19.8 Å². The summed E-state index contributed by atoms with van der Waals surface area (Å²) < 4.78 is 5.94. The summed E-state index contributed by atoms with van der Waals surface area (Å²) in [5.41, 5.74) is 1.86. The van der Waals surface area contributed by atoms with Crippen molar-refractivity contribution in [3.05, 3.63) is 128 Å². The predicted molar refractivity (Wildman–Crippen MR) is 120 cm³/mol. The second kappa shape index (κ2) is 9.65. The van der Waals surface area contributed by atoms with Crippen LogP contribution < -0.4 is 4.74 Å². The van der Waals surface area contributed by atoms with Gasteiger partial charge >= 0.3 is 0 Å². The van der Waals surface area contributed by atoms with Gasteiger partial charge < -0.3 is 4.74 Å². The average Bonchev–Trinajstić information content (AvgIpc) is 2.82. The van der Waals surface area contributed by atoms with Gasteiger partial charge in [-0.2, -0.15) is 0 Å². The summed E-state index contributed by atoms with van der Waals surface area (Å²) in [7, 11) is 0. The Morgan fingerprint density at radius 2 is 1.03 bits per heavy atom. The molecule has 9 heteroatoms. The van der Waals surface area contributed by atoms with Crippen molar-refractivity contribution < 1.29 is 14.6 Å². The minimum atomic E-state index is -0.501. The molecule has 0 saturated carbocycles. The molecule has 9 nitrogen and oxygen atoms in total. The van der Waals surface area contributed by atoms with E-state index in [0.29, 0.717) is 0 Å². The second-order valence-electron chi connectivity index (χ2n) is 7.17. The Morgan fingerprint density at radius 3 is 1.39 bits per heavy atom. The Balaban J connectivity index is 1.79. The molecule has 2 heterocycles. The molecule has 0 amide bonds. The van der Waals surface area contributed by atoms with Crippen molar-refractivity contribution in [2.24, 2.45) is 0 Å². The van der Waals surface area contributed by atoms with Crippen LogP contribution in [0.1, 0.15) is 22.3 Å². The summed E-state index contributed by atoms with van der Waals surface area (Å²) in [6.45, 7) is 0. The van der Waals surface area contributed by atoms with E-state index in [1.807, 2.05) is 60.7 Å². The lowest BCUT2D eigenvalue weighted by Crippen LogP contribution is -2.05. The third-order valence-electron chi connectivity index (χ3n) is 5.02. The summed E-state index contributed by atoms with van der Waals surface area (Å²) in [5, 5.41) is 23.4. The van der Waals surface area contributed by atoms with E-state index in [9.17, 15) is 20.2 Å². The Morgan fingerprint density at radius 1 is 0.636 bits per heavy atom. The average molecular weight is 442 g/mol. The normalized spacial score (nSPS) is 10.5. The summed E-state index contributed by atoms with van der Waals surface area (Å²) in [6, 6.07) is 21.0. The van der Waals surface area contributed by atoms with Crippen molar-refractivity contribution in [3.8, 4) is 11.8 Å². The van der Waals surface area contributed by atoms with Crippen LogP contribution in [0.4, 0.5) is 11.4 Å². The summed E-state index contributed by atoms with van der Waals surface area (Å²) in [6.07, 6.45) is 2.94. The van der Waals surface area contributed by atoms with E-state index in [1.54, 1.807) is 0 Å². The maximum Gasteiger partial charge on any atom is 0.279 e. The highest BCUT2D eigenvalue weighted by atomic mass is 16.6. The van der Waals surface area contributed by atoms with Crippen LogP contribution in [0, 0.1) is 20.2 Å². The Labute approximate surface area is 188 Å². The molecule has 164 valence electrons. The number of benzene rings is 2. The zero-order chi connectivity index (χ0) is 23.2. The third kappa shape index (κ3) is 4.99. The van der Waals surface area contributed by atoms with Gasteiger partial charge in [0.2, 0.25) is 11.8 Å². The van der Waals surface area contributed by atoms with Crippen LogP contribution >= 0.6 is 0 Å². The topological polar surface area (TPSA) is 121 Å². The number of hydrogen-bond acceptors (Lipinski definition) is 7. The van der Waals surface area contributed by atoms with Crippen LogP contribution in [0.3, 0.4) is 0 Å². The number of nitrogens with zero attached hydrogens (tertiary/aromatic N) is 4. The molecule has 0 spiro atoms. The molecule has 0 aliphatic carbocycles. The highest BCUT2D eigenvalue weighted by molar-refractivity contribution is 5.52. The van der Waals surface area contributed by atoms with Crippen LogP contribution in [0.2, 0.25) is 0 Å². The standard InChI is InChI=1S/C24H18N4O5/c29-27(30)21-11-13-25-23(19(21)15-17-7-3-1-4-8-17)33-24-20(16-18-9-5-2-6-10-18)22(28(31)32)12-14-26-24/h1-14H,15-16H2. The number of nitro groups is 2. The van der Waals surface area contributed by atoms with Crippen molar-refractivity contribution in [2.45, 2.75) is 12.8 Å². The Kier molecular flexibility index (Phi) is 6.31. The molecule has 0 bridgehead atoms. The minimum Gasteiger partial charge on any atom is -0.420 e. The van der Waals surface area contributed by atoms with Gasteiger partial charge in [0.25, 0.3) is 11.4 Å². The molecule has 0 fully saturated rings. The van der Waals surface area contributed by atoms with Gasteiger partial charge in [0.15, 0.2) is 0 Å². The van der Waals surface area contributed by atoms with E-state index in [1.165, 1.54) is 24.5 Å². The molecular weight excluding hydrogens is 424 g/mol. The number of aromatic nitrogens is 2. The first kappa shape index (κ1) is 21.6. The SMILES string of the molecule is O=[N+]([O-])c1ccnc(Oc2nccc([N+](=O)[O-])c2Cc2ccccc2)c1Cc1ccccc1. The Hall–Kier alpha value is -4.66. The first-order valence-corrected chi connectivity index (χ1v) is 10.0. The van der Waals surface area contributed by atoms with E-state index < -0.39 is 9.85 Å². The number of pyridine rings is 2. The van der Waals surface area contributed by atoms with E-state index >= 15 is 0 Å². The van der Waals surface area contributed by atoms with Gasteiger partial charge in [0, 0.05) is 37.4 Å². The highest BCUT2D eigenvalue weighted by Gasteiger charge is 2.25. The number of rotatable bonds is 8. The van der Waals surface area contributed by atoms with Gasteiger partial charge in [0.05, 0.1) is 21.0 Å². The van der Waals surface area contributed by atoms with Crippen molar-refractivity contribution in [2.75, 3.05) is 0 Å². The lowest BCUT2D eigenvalue weighted by molar-refractivity contribution is -0.385. The third-order valence-corrected chi connectivity index (χ3v) is 5.02. The molecular formula is C24H18N4O5.